The van der Waals surface area contributed by atoms with Crippen LogP contribution < -0.4 is 0 Å². The zero-order chi connectivity index (χ0) is 36.7. The van der Waals surface area contributed by atoms with Crippen LogP contribution in [0.3, 0.4) is 0 Å². The lowest BCUT2D eigenvalue weighted by atomic mass is 9.85. The number of fused-ring (bicyclic) bond motifs is 10. The fourth-order valence-corrected chi connectivity index (χ4v) is 9.13. The number of hydrogen-bond acceptors (Lipinski definition) is 2. The van der Waals surface area contributed by atoms with E-state index in [9.17, 15) is 0 Å². The van der Waals surface area contributed by atoms with E-state index in [0.29, 0.717) is 0 Å². The maximum Gasteiger partial charge on any atom is 0.136 e. The van der Waals surface area contributed by atoms with E-state index in [1.807, 2.05) is 12.1 Å². The molecule has 2 aromatic heterocycles. The molecule has 2 heteroatoms. The third-order valence-electron chi connectivity index (χ3n) is 11.7. The van der Waals surface area contributed by atoms with E-state index < -0.39 is 0 Å². The Morgan fingerprint density at radius 1 is 0.250 bits per heavy atom. The second-order valence-corrected chi connectivity index (χ2v) is 14.7. The molecule has 260 valence electrons. The minimum Gasteiger partial charge on any atom is -0.456 e. The Labute approximate surface area is 322 Å². The van der Waals surface area contributed by atoms with E-state index in [4.69, 9.17) is 8.83 Å². The van der Waals surface area contributed by atoms with Crippen LogP contribution in [-0.2, 0) is 0 Å². The monoisotopic (exact) mass is 712 g/mol. The van der Waals surface area contributed by atoms with Crippen LogP contribution in [0.5, 0.6) is 0 Å². The van der Waals surface area contributed by atoms with Crippen molar-refractivity contribution in [1.82, 2.24) is 0 Å². The first-order valence-corrected chi connectivity index (χ1v) is 19.2. The minimum atomic E-state index is 0.909. The molecule has 0 aliphatic carbocycles. The highest BCUT2D eigenvalue weighted by molar-refractivity contribution is 6.24. The van der Waals surface area contributed by atoms with Gasteiger partial charge in [0.2, 0.25) is 0 Å². The molecule has 12 aromatic rings. The summed E-state index contributed by atoms with van der Waals surface area (Å²) in [5.74, 6) is 0. The Morgan fingerprint density at radius 2 is 0.714 bits per heavy atom. The normalized spacial score (nSPS) is 11.9. The molecule has 2 nitrogen and oxygen atoms in total. The number of hydrogen-bond donors (Lipinski definition) is 0. The van der Waals surface area contributed by atoms with Gasteiger partial charge in [-0.1, -0.05) is 164 Å². The molecule has 12 rings (SSSR count). The average Bonchev–Trinajstić information content (AvgIpc) is 3.84. The molecule has 0 atom stereocenters. The van der Waals surface area contributed by atoms with Gasteiger partial charge in [-0.3, -0.25) is 0 Å². The highest BCUT2D eigenvalue weighted by atomic mass is 16.3. The Kier molecular flexibility index (Phi) is 6.66. The van der Waals surface area contributed by atoms with E-state index in [-0.39, 0.29) is 0 Å². The molecule has 0 aliphatic heterocycles. The molecule has 0 saturated carbocycles. The first kappa shape index (κ1) is 31.0. The summed E-state index contributed by atoms with van der Waals surface area (Å²) in [4.78, 5) is 0. The van der Waals surface area contributed by atoms with Gasteiger partial charge in [-0.15, -0.1) is 0 Å². The Balaban J connectivity index is 0.981. The molecule has 0 N–H and O–H groups in total. The van der Waals surface area contributed by atoms with Crippen LogP contribution in [-0.4, -0.2) is 0 Å². The smallest absolute Gasteiger partial charge is 0.136 e. The zero-order valence-corrected chi connectivity index (χ0v) is 30.3. The number of rotatable bonds is 4. The summed E-state index contributed by atoms with van der Waals surface area (Å²) >= 11 is 0. The zero-order valence-electron chi connectivity index (χ0n) is 30.3. The largest absolute Gasteiger partial charge is 0.456 e. The Hall–Kier alpha value is -7.42. The van der Waals surface area contributed by atoms with Crippen molar-refractivity contribution in [2.75, 3.05) is 0 Å². The third kappa shape index (κ3) is 4.63. The molecular weight excluding hydrogens is 681 g/mol. The molecule has 0 spiro atoms. The van der Waals surface area contributed by atoms with Crippen molar-refractivity contribution in [3.63, 3.8) is 0 Å². The summed E-state index contributed by atoms with van der Waals surface area (Å²) in [7, 11) is 0. The maximum atomic E-state index is 6.41. The van der Waals surface area contributed by atoms with Crippen molar-refractivity contribution < 1.29 is 8.83 Å². The fraction of sp³-hybridized carbons (Fsp3) is 0. The fourth-order valence-electron chi connectivity index (χ4n) is 9.13. The van der Waals surface area contributed by atoms with Crippen LogP contribution in [0.4, 0.5) is 0 Å². The van der Waals surface area contributed by atoms with Gasteiger partial charge >= 0.3 is 0 Å². The molecule has 0 aliphatic rings. The van der Waals surface area contributed by atoms with Gasteiger partial charge in [-0.2, -0.15) is 0 Å². The van der Waals surface area contributed by atoms with Gasteiger partial charge in [0.25, 0.3) is 0 Å². The minimum absolute atomic E-state index is 0.909. The highest BCUT2D eigenvalue weighted by Gasteiger charge is 2.19. The topological polar surface area (TPSA) is 26.3 Å². The van der Waals surface area contributed by atoms with Crippen molar-refractivity contribution in [1.29, 1.82) is 0 Å². The third-order valence-corrected chi connectivity index (χ3v) is 11.7. The van der Waals surface area contributed by atoms with E-state index in [2.05, 4.69) is 182 Å². The first-order chi connectivity index (χ1) is 27.8. The molecule has 0 saturated heterocycles. The molecule has 0 fully saturated rings. The van der Waals surface area contributed by atoms with Crippen LogP contribution in [0.15, 0.2) is 203 Å². The number of furan rings is 2. The van der Waals surface area contributed by atoms with Crippen LogP contribution in [0.1, 0.15) is 0 Å². The van der Waals surface area contributed by atoms with Crippen LogP contribution in [0.25, 0.3) is 121 Å². The molecule has 0 amide bonds. The summed E-state index contributed by atoms with van der Waals surface area (Å²) < 4.78 is 12.5. The summed E-state index contributed by atoms with van der Waals surface area (Å²) in [6.45, 7) is 0. The summed E-state index contributed by atoms with van der Waals surface area (Å²) in [6.07, 6.45) is 0. The number of para-hydroxylation sites is 1. The van der Waals surface area contributed by atoms with Crippen molar-refractivity contribution >= 4 is 76.2 Å². The van der Waals surface area contributed by atoms with Gasteiger partial charge in [0.05, 0.1) is 0 Å². The van der Waals surface area contributed by atoms with E-state index in [0.717, 1.165) is 38.5 Å². The molecule has 56 heavy (non-hydrogen) atoms. The molecule has 2 heterocycles. The Morgan fingerprint density at radius 3 is 1.39 bits per heavy atom. The van der Waals surface area contributed by atoms with Crippen molar-refractivity contribution in [3.05, 3.63) is 194 Å². The summed E-state index contributed by atoms with van der Waals surface area (Å²) in [5.41, 5.74) is 13.3. The van der Waals surface area contributed by atoms with Gasteiger partial charge in [-0.25, -0.2) is 0 Å². The molecule has 10 aromatic carbocycles. The van der Waals surface area contributed by atoms with Crippen LogP contribution in [0, 0.1) is 0 Å². The molecule has 0 bridgehead atoms. The van der Waals surface area contributed by atoms with Crippen LogP contribution >= 0.6 is 0 Å². The maximum absolute atomic E-state index is 6.41. The van der Waals surface area contributed by atoms with E-state index in [1.54, 1.807) is 0 Å². The summed E-state index contributed by atoms with van der Waals surface area (Å²) in [5, 5.41) is 12.0. The molecule has 0 radical (unpaired) electrons. The average molecular weight is 713 g/mol. The molecule has 0 unspecified atom stereocenters. The van der Waals surface area contributed by atoms with E-state index in [1.165, 1.54) is 82.2 Å². The predicted octanol–water partition coefficient (Wildman–Crippen LogP) is 15.6. The predicted molar refractivity (Wildman–Crippen MR) is 235 cm³/mol. The quantitative estimate of drug-likeness (QED) is 0.170. The highest BCUT2D eigenvalue weighted by Crippen LogP contribution is 2.45. The van der Waals surface area contributed by atoms with Crippen LogP contribution in [0.2, 0.25) is 0 Å². The van der Waals surface area contributed by atoms with Gasteiger partial charge in [-0.05, 0) is 107 Å². The SMILES string of the molecule is c1ccc2c(c1)ccc1oc3cccc(-c4ccc(-c5c6ccccc6c(-c6ccc(-c7ccc8oc9ccccc9c8c7)cc6)c6ccccc56)cc4)c3c12. The van der Waals surface area contributed by atoms with Crippen molar-refractivity contribution in [2.45, 2.75) is 0 Å². The van der Waals surface area contributed by atoms with Gasteiger partial charge in [0, 0.05) is 21.5 Å². The Bertz CT molecular complexity index is 3450. The first-order valence-electron chi connectivity index (χ1n) is 19.2. The van der Waals surface area contributed by atoms with E-state index >= 15 is 0 Å². The van der Waals surface area contributed by atoms with Gasteiger partial charge in [0.15, 0.2) is 0 Å². The lowest BCUT2D eigenvalue weighted by molar-refractivity contribution is 0.668. The second kappa shape index (κ2) is 12.0. The lowest BCUT2D eigenvalue weighted by Crippen LogP contribution is -1.91. The van der Waals surface area contributed by atoms with Gasteiger partial charge in [0.1, 0.15) is 22.3 Å². The standard InChI is InChI=1S/C54H32O2/c1-2-11-39-34(10-1)28-31-50-54(39)53-40(17-9-19-49(53)56-50)35-22-26-37(27-23-35)52-44-15-5-3-13-42(44)51(43-14-4-6-16-45(43)52)36-24-20-33(21-25-36)38-29-30-48-46(32-38)41-12-7-8-18-47(41)55-48/h1-32H. The second-order valence-electron chi connectivity index (χ2n) is 14.7. The summed E-state index contributed by atoms with van der Waals surface area (Å²) in [6, 6.07) is 69.9. The lowest BCUT2D eigenvalue weighted by Gasteiger charge is -2.18. The number of benzene rings is 10. The van der Waals surface area contributed by atoms with Crippen molar-refractivity contribution in [2.24, 2.45) is 0 Å². The van der Waals surface area contributed by atoms with Gasteiger partial charge < -0.3 is 8.83 Å². The molecular formula is C54H32O2. The van der Waals surface area contributed by atoms with Crippen molar-refractivity contribution in [3.8, 4) is 44.5 Å².